The van der Waals surface area contributed by atoms with E-state index in [1.165, 1.54) is 11.8 Å². The number of carbonyl (C=O) groups is 2. The maximum Gasteiger partial charge on any atom is 0.316 e. The smallest absolute Gasteiger partial charge is 0.316 e. The molecule has 4 nitrogen and oxygen atoms in total. The van der Waals surface area contributed by atoms with Crippen molar-refractivity contribution in [3.05, 3.63) is 28.7 Å². The zero-order chi connectivity index (χ0) is 16.7. The van der Waals surface area contributed by atoms with Gasteiger partial charge in [-0.2, -0.15) is 0 Å². The van der Waals surface area contributed by atoms with E-state index < -0.39 is 0 Å². The summed E-state index contributed by atoms with van der Waals surface area (Å²) in [5, 5.41) is 2.95. The molecule has 1 aliphatic rings. The van der Waals surface area contributed by atoms with Gasteiger partial charge in [0, 0.05) is 15.4 Å². The molecule has 2 rings (SSSR count). The number of carbonyl (C=O) groups excluding carboxylic acids is 2. The Kier molecular flexibility index (Phi) is 7.43. The van der Waals surface area contributed by atoms with E-state index in [0.717, 1.165) is 41.0 Å². The Labute approximate surface area is 149 Å². The number of esters is 1. The first-order valence-electron chi connectivity index (χ1n) is 7.86. The van der Waals surface area contributed by atoms with Crippen LogP contribution in [-0.2, 0) is 14.3 Å². The van der Waals surface area contributed by atoms with E-state index in [2.05, 4.69) is 28.2 Å². The molecule has 23 heavy (non-hydrogen) atoms. The number of ether oxygens (including phenoxy) is 1. The summed E-state index contributed by atoms with van der Waals surface area (Å²) in [6.07, 6.45) is 4.32. The van der Waals surface area contributed by atoms with Crippen LogP contribution < -0.4 is 5.32 Å². The Bertz CT molecular complexity index is 527. The lowest BCUT2D eigenvalue weighted by molar-refractivity contribution is -0.146. The van der Waals surface area contributed by atoms with Crippen molar-refractivity contribution < 1.29 is 14.3 Å². The molecule has 0 bridgehead atoms. The molecular formula is C17H22BrNO3S. The summed E-state index contributed by atoms with van der Waals surface area (Å²) in [6, 6.07) is 7.94. The van der Waals surface area contributed by atoms with Crippen LogP contribution >= 0.6 is 27.7 Å². The molecule has 1 aromatic rings. The first-order chi connectivity index (χ1) is 11.0. The van der Waals surface area contributed by atoms with E-state index in [0.29, 0.717) is 0 Å². The fourth-order valence-electron chi connectivity index (χ4n) is 2.53. The summed E-state index contributed by atoms with van der Waals surface area (Å²) < 4.78 is 6.03. The van der Waals surface area contributed by atoms with Crippen molar-refractivity contribution in [2.75, 3.05) is 12.4 Å². The maximum absolute atomic E-state index is 11.8. The molecule has 1 saturated carbocycles. The van der Waals surface area contributed by atoms with Crippen molar-refractivity contribution in [3.63, 3.8) is 0 Å². The predicted octanol–water partition coefficient (Wildman–Crippen LogP) is 3.78. The van der Waals surface area contributed by atoms with E-state index in [9.17, 15) is 9.59 Å². The predicted molar refractivity (Wildman–Crippen MR) is 95.4 cm³/mol. The summed E-state index contributed by atoms with van der Waals surface area (Å²) in [6.45, 7) is 2.05. The highest BCUT2D eigenvalue weighted by molar-refractivity contribution is 9.10. The average molecular weight is 400 g/mol. The largest absolute Gasteiger partial charge is 0.455 e. The molecule has 6 heteroatoms. The van der Waals surface area contributed by atoms with Gasteiger partial charge in [0.1, 0.15) is 0 Å². The van der Waals surface area contributed by atoms with E-state index in [1.54, 1.807) is 0 Å². The molecule has 0 aliphatic heterocycles. The van der Waals surface area contributed by atoms with Gasteiger partial charge in [0.15, 0.2) is 6.61 Å². The van der Waals surface area contributed by atoms with E-state index in [-0.39, 0.29) is 30.3 Å². The minimum absolute atomic E-state index is 0.189. The molecule has 0 unspecified atom stereocenters. The summed E-state index contributed by atoms with van der Waals surface area (Å²) in [7, 11) is 0. The van der Waals surface area contributed by atoms with Gasteiger partial charge in [0.05, 0.1) is 5.75 Å². The summed E-state index contributed by atoms with van der Waals surface area (Å²) in [4.78, 5) is 24.5. The zero-order valence-electron chi connectivity index (χ0n) is 13.2. The third kappa shape index (κ3) is 6.96. The first kappa shape index (κ1) is 18.3. The SMILES string of the molecule is CC1CCC(NC(=O)COC(=O)CSc2ccc(Br)cc2)CC1. The Hall–Kier alpha value is -1.01. The molecule has 0 radical (unpaired) electrons. The van der Waals surface area contributed by atoms with Crippen molar-refractivity contribution in [2.45, 2.75) is 43.5 Å². The maximum atomic E-state index is 11.8. The van der Waals surface area contributed by atoms with Crippen LogP contribution in [0.25, 0.3) is 0 Å². The summed E-state index contributed by atoms with van der Waals surface area (Å²) in [5.41, 5.74) is 0. The van der Waals surface area contributed by atoms with Crippen LogP contribution in [0.2, 0.25) is 0 Å². The van der Waals surface area contributed by atoms with E-state index >= 15 is 0 Å². The quantitative estimate of drug-likeness (QED) is 0.583. The van der Waals surface area contributed by atoms with Crippen LogP contribution in [0, 0.1) is 5.92 Å². The number of thioether (sulfide) groups is 1. The minimum Gasteiger partial charge on any atom is -0.455 e. The third-order valence-electron chi connectivity index (χ3n) is 3.92. The number of benzene rings is 1. The molecule has 1 aromatic carbocycles. The second kappa shape index (κ2) is 9.33. The number of halogens is 1. The highest BCUT2D eigenvalue weighted by Crippen LogP contribution is 2.23. The van der Waals surface area contributed by atoms with Gasteiger partial charge in [0.25, 0.3) is 5.91 Å². The van der Waals surface area contributed by atoms with Crippen molar-refractivity contribution in [1.29, 1.82) is 0 Å². The molecule has 1 N–H and O–H groups in total. The second-order valence-electron chi connectivity index (χ2n) is 5.93. The van der Waals surface area contributed by atoms with Crippen molar-refractivity contribution >= 4 is 39.6 Å². The Morgan fingerprint density at radius 2 is 1.87 bits per heavy atom. The van der Waals surface area contributed by atoms with Gasteiger partial charge >= 0.3 is 5.97 Å². The van der Waals surface area contributed by atoms with Crippen molar-refractivity contribution in [3.8, 4) is 0 Å². The van der Waals surface area contributed by atoms with Crippen molar-refractivity contribution in [2.24, 2.45) is 5.92 Å². The molecule has 126 valence electrons. The zero-order valence-corrected chi connectivity index (χ0v) is 15.6. The monoisotopic (exact) mass is 399 g/mol. The number of hydrogen-bond acceptors (Lipinski definition) is 4. The fourth-order valence-corrected chi connectivity index (χ4v) is 3.50. The average Bonchev–Trinajstić information content (AvgIpc) is 2.54. The van der Waals surface area contributed by atoms with Crippen LogP contribution in [0.3, 0.4) is 0 Å². The number of hydrogen-bond donors (Lipinski definition) is 1. The van der Waals surface area contributed by atoms with E-state index in [4.69, 9.17) is 4.74 Å². The van der Waals surface area contributed by atoms with Gasteiger partial charge in [-0.05, 0) is 55.9 Å². The Morgan fingerprint density at radius 3 is 2.52 bits per heavy atom. The van der Waals surface area contributed by atoms with E-state index in [1.807, 2.05) is 24.3 Å². The topological polar surface area (TPSA) is 55.4 Å². The molecule has 0 spiro atoms. The van der Waals surface area contributed by atoms with Gasteiger partial charge in [-0.3, -0.25) is 9.59 Å². The van der Waals surface area contributed by atoms with Crippen molar-refractivity contribution in [1.82, 2.24) is 5.32 Å². The number of nitrogens with one attached hydrogen (secondary N) is 1. The van der Waals surface area contributed by atoms with Gasteiger partial charge in [-0.15, -0.1) is 11.8 Å². The van der Waals surface area contributed by atoms with Crippen LogP contribution in [0.5, 0.6) is 0 Å². The molecule has 1 aliphatic carbocycles. The highest BCUT2D eigenvalue weighted by Gasteiger charge is 2.20. The molecule has 0 saturated heterocycles. The fraction of sp³-hybridized carbons (Fsp3) is 0.529. The van der Waals surface area contributed by atoms with Crippen LogP contribution in [0.1, 0.15) is 32.6 Å². The molecule has 1 amide bonds. The van der Waals surface area contributed by atoms with Crippen LogP contribution in [0.15, 0.2) is 33.6 Å². The molecular weight excluding hydrogens is 378 g/mol. The van der Waals surface area contributed by atoms with Gasteiger partial charge in [-0.25, -0.2) is 0 Å². The van der Waals surface area contributed by atoms with Crippen LogP contribution in [0.4, 0.5) is 0 Å². The van der Waals surface area contributed by atoms with Crippen LogP contribution in [-0.4, -0.2) is 30.3 Å². The lowest BCUT2D eigenvalue weighted by Gasteiger charge is -2.26. The Balaban J connectivity index is 1.61. The second-order valence-corrected chi connectivity index (χ2v) is 7.89. The highest BCUT2D eigenvalue weighted by atomic mass is 79.9. The molecule has 0 atom stereocenters. The normalized spacial score (nSPS) is 20.8. The summed E-state index contributed by atoms with van der Waals surface area (Å²) in [5.74, 6) is 0.379. The lowest BCUT2D eigenvalue weighted by Crippen LogP contribution is -2.39. The molecule has 0 heterocycles. The Morgan fingerprint density at radius 1 is 1.22 bits per heavy atom. The van der Waals surface area contributed by atoms with Gasteiger partial charge in [0.2, 0.25) is 0 Å². The first-order valence-corrected chi connectivity index (χ1v) is 9.64. The van der Waals surface area contributed by atoms with Gasteiger partial charge < -0.3 is 10.1 Å². The minimum atomic E-state index is -0.370. The number of amides is 1. The van der Waals surface area contributed by atoms with Gasteiger partial charge in [-0.1, -0.05) is 22.9 Å². The lowest BCUT2D eigenvalue weighted by atomic mass is 9.87. The molecule has 0 aromatic heterocycles. The number of rotatable bonds is 6. The third-order valence-corrected chi connectivity index (χ3v) is 5.43. The summed E-state index contributed by atoms with van der Waals surface area (Å²) >= 11 is 4.76. The molecule has 1 fully saturated rings. The standard InChI is InChI=1S/C17H22BrNO3S/c1-12-2-6-14(7-3-12)19-16(20)10-22-17(21)11-23-15-8-4-13(18)5-9-15/h4-5,8-9,12,14H,2-3,6-7,10-11H2,1H3,(H,19,20).